The fourth-order valence-corrected chi connectivity index (χ4v) is 4.52. The van der Waals surface area contributed by atoms with Gasteiger partial charge in [0.2, 0.25) is 0 Å². The molecule has 0 spiro atoms. The molecule has 11 heteroatoms. The lowest BCUT2D eigenvalue weighted by atomic mass is 9.96. The Morgan fingerprint density at radius 1 is 1.33 bits per heavy atom. The Morgan fingerprint density at radius 3 is 2.76 bits per heavy atom. The number of aromatic amines is 1. The lowest BCUT2D eigenvalue weighted by Gasteiger charge is -2.50. The third-order valence-electron chi connectivity index (χ3n) is 6.84. The summed E-state index contributed by atoms with van der Waals surface area (Å²) >= 11 is 0. The van der Waals surface area contributed by atoms with Crippen molar-refractivity contribution in [3.05, 3.63) is 23.3 Å². The predicted molar refractivity (Wildman–Crippen MR) is 122 cm³/mol. The van der Waals surface area contributed by atoms with Crippen LogP contribution in [-0.2, 0) is 12.1 Å². The van der Waals surface area contributed by atoms with Crippen molar-refractivity contribution in [1.82, 2.24) is 34.9 Å². The van der Waals surface area contributed by atoms with Crippen LogP contribution in [0.2, 0.25) is 0 Å². The topological polar surface area (TPSA) is 103 Å². The maximum atomic E-state index is 14.3. The van der Waals surface area contributed by atoms with Gasteiger partial charge in [0, 0.05) is 30.2 Å². The molecule has 1 atom stereocenters. The molecular formula is C22H33FN8O2. The first-order chi connectivity index (χ1) is 15.5. The molecule has 1 fully saturated rings. The van der Waals surface area contributed by atoms with Gasteiger partial charge < -0.3 is 19.9 Å². The molecule has 2 N–H and O–H groups in total. The molecule has 2 aromatic heterocycles. The normalized spacial score (nSPS) is 21.8. The van der Waals surface area contributed by atoms with Gasteiger partial charge >= 0.3 is 12.0 Å². The highest BCUT2D eigenvalue weighted by molar-refractivity contribution is 5.78. The summed E-state index contributed by atoms with van der Waals surface area (Å²) in [5.41, 5.74) is 0.911. The number of likely N-dealkylation sites (N-methyl/N-ethyl adjacent to an activating group) is 1. The smallest absolute Gasteiger partial charge is 0.321 e. The number of carbonyl (C=O) groups excluding carboxylic acids is 1. The quantitative estimate of drug-likeness (QED) is 0.723. The van der Waals surface area contributed by atoms with Gasteiger partial charge in [-0.05, 0) is 48.6 Å². The number of nitrogens with one attached hydrogen (secondary N) is 2. The number of piperazine rings is 1. The van der Waals surface area contributed by atoms with Crippen molar-refractivity contribution < 1.29 is 13.9 Å². The molecule has 4 rings (SSSR count). The zero-order valence-electron chi connectivity index (χ0n) is 20.4. The van der Waals surface area contributed by atoms with Crippen molar-refractivity contribution in [3.63, 3.8) is 0 Å². The number of nitrogens with zero attached hydrogens (tertiary/aromatic N) is 6. The zero-order valence-corrected chi connectivity index (χ0v) is 20.4. The molecule has 0 aliphatic carbocycles. The van der Waals surface area contributed by atoms with Gasteiger partial charge in [0.25, 0.3) is 0 Å². The average molecular weight is 461 g/mol. The summed E-state index contributed by atoms with van der Waals surface area (Å²) in [6.07, 6.45) is 1.06. The molecule has 0 bridgehead atoms. The minimum absolute atomic E-state index is 0.0175. The Hall–Kier alpha value is -2.95. The number of H-pyrrole nitrogens is 1. The first-order valence-corrected chi connectivity index (χ1v) is 11.2. The minimum atomic E-state index is -0.617. The molecule has 33 heavy (non-hydrogen) atoms. The Balaban J connectivity index is 1.59. The maximum absolute atomic E-state index is 14.3. The standard InChI is InChI=1S/C22H33FN8O2/c1-8-33-19-24-9-15(23)18(26-19)25-17-14-11-31(22(5,6)16(14)27-28-17)20(32)30-12-21(3,4)29(7)10-13(30)2/h9,13H,8,10-12H2,1-7H3,(H2,24,25,26,27,28)/t13-/m0/s1. The van der Waals surface area contributed by atoms with Gasteiger partial charge in [0.15, 0.2) is 17.5 Å². The van der Waals surface area contributed by atoms with E-state index in [0.717, 1.165) is 24.0 Å². The average Bonchev–Trinajstić information content (AvgIpc) is 3.25. The molecule has 0 radical (unpaired) electrons. The number of carbonyl (C=O) groups is 1. The van der Waals surface area contributed by atoms with E-state index in [9.17, 15) is 9.18 Å². The van der Waals surface area contributed by atoms with Crippen molar-refractivity contribution in [2.75, 3.05) is 32.1 Å². The number of halogens is 1. The maximum Gasteiger partial charge on any atom is 0.321 e. The number of hydrogen-bond acceptors (Lipinski definition) is 7. The fourth-order valence-electron chi connectivity index (χ4n) is 4.52. The molecule has 180 valence electrons. The molecule has 2 aromatic rings. The summed E-state index contributed by atoms with van der Waals surface area (Å²) < 4.78 is 19.6. The van der Waals surface area contributed by atoms with Crippen LogP contribution in [0.5, 0.6) is 6.01 Å². The van der Waals surface area contributed by atoms with E-state index in [2.05, 4.69) is 58.2 Å². The van der Waals surface area contributed by atoms with Crippen LogP contribution < -0.4 is 10.1 Å². The van der Waals surface area contributed by atoms with Gasteiger partial charge in [-0.1, -0.05) is 0 Å². The molecule has 0 saturated carbocycles. The van der Waals surface area contributed by atoms with Crippen molar-refractivity contribution >= 4 is 17.7 Å². The molecule has 2 aliphatic rings. The first kappa shape index (κ1) is 23.2. The summed E-state index contributed by atoms with van der Waals surface area (Å²) in [5.74, 6) is -0.214. The van der Waals surface area contributed by atoms with Crippen molar-refractivity contribution in [2.45, 2.75) is 65.2 Å². The zero-order chi connectivity index (χ0) is 24.1. The summed E-state index contributed by atoms with van der Waals surface area (Å²) in [7, 11) is 2.09. The molecule has 1 saturated heterocycles. The van der Waals surface area contributed by atoms with E-state index in [1.54, 1.807) is 6.92 Å². The van der Waals surface area contributed by atoms with Crippen LogP contribution >= 0.6 is 0 Å². The lowest BCUT2D eigenvalue weighted by Crippen LogP contribution is -2.65. The molecule has 2 aliphatic heterocycles. The lowest BCUT2D eigenvalue weighted by molar-refractivity contribution is 0.00695. The van der Waals surface area contributed by atoms with Crippen molar-refractivity contribution in [1.29, 1.82) is 0 Å². The van der Waals surface area contributed by atoms with Crippen molar-refractivity contribution in [2.24, 2.45) is 0 Å². The molecule has 0 aromatic carbocycles. The Kier molecular flexibility index (Phi) is 5.71. The first-order valence-electron chi connectivity index (χ1n) is 11.2. The Morgan fingerprint density at radius 2 is 2.06 bits per heavy atom. The predicted octanol–water partition coefficient (Wildman–Crippen LogP) is 3.07. The van der Waals surface area contributed by atoms with Gasteiger partial charge in [0.05, 0.1) is 30.6 Å². The summed E-state index contributed by atoms with van der Waals surface area (Å²) in [6.45, 7) is 14.3. The van der Waals surface area contributed by atoms with Crippen LogP contribution in [0.4, 0.5) is 20.8 Å². The fraction of sp³-hybridized carbons (Fsp3) is 0.636. The number of amides is 2. The van der Waals surface area contributed by atoms with Crippen LogP contribution in [0.1, 0.15) is 52.8 Å². The van der Waals surface area contributed by atoms with E-state index in [1.165, 1.54) is 0 Å². The van der Waals surface area contributed by atoms with E-state index in [1.807, 2.05) is 23.6 Å². The second-order valence-corrected chi connectivity index (χ2v) is 9.93. The van der Waals surface area contributed by atoms with E-state index in [-0.39, 0.29) is 29.4 Å². The minimum Gasteiger partial charge on any atom is -0.464 e. The SMILES string of the molecule is CCOc1ncc(F)c(Nc2n[nH]c3c2CN(C(=O)N2CC(C)(C)N(C)C[C@@H]2C)C3(C)C)n1. The number of hydrogen-bond donors (Lipinski definition) is 2. The number of anilines is 2. The highest BCUT2D eigenvalue weighted by atomic mass is 19.1. The second-order valence-electron chi connectivity index (χ2n) is 9.93. The Labute approximate surface area is 193 Å². The molecule has 10 nitrogen and oxygen atoms in total. The number of fused-ring (bicyclic) bond motifs is 1. The third-order valence-corrected chi connectivity index (χ3v) is 6.84. The highest BCUT2D eigenvalue weighted by Gasteiger charge is 2.47. The summed E-state index contributed by atoms with van der Waals surface area (Å²) in [6, 6.07) is 0.154. The molecular weight excluding hydrogens is 427 g/mol. The van der Waals surface area contributed by atoms with Crippen LogP contribution in [-0.4, -0.2) is 79.2 Å². The highest BCUT2D eigenvalue weighted by Crippen LogP contribution is 2.42. The van der Waals surface area contributed by atoms with Gasteiger partial charge in [-0.15, -0.1) is 0 Å². The summed E-state index contributed by atoms with van der Waals surface area (Å²) in [5, 5.41) is 10.3. The summed E-state index contributed by atoms with van der Waals surface area (Å²) in [4.78, 5) is 27.7. The van der Waals surface area contributed by atoms with E-state index >= 15 is 0 Å². The van der Waals surface area contributed by atoms with Gasteiger partial charge in [0.1, 0.15) is 0 Å². The van der Waals surface area contributed by atoms with Crippen LogP contribution in [0.15, 0.2) is 6.20 Å². The molecule has 0 unspecified atom stereocenters. The number of ether oxygens (including phenoxy) is 1. The van der Waals surface area contributed by atoms with E-state index in [0.29, 0.717) is 25.5 Å². The Bertz CT molecular complexity index is 1050. The monoisotopic (exact) mass is 460 g/mol. The number of rotatable bonds is 4. The van der Waals surface area contributed by atoms with Crippen LogP contribution in [0.25, 0.3) is 0 Å². The van der Waals surface area contributed by atoms with E-state index in [4.69, 9.17) is 4.74 Å². The number of aromatic nitrogens is 4. The largest absolute Gasteiger partial charge is 0.464 e. The molecule has 4 heterocycles. The van der Waals surface area contributed by atoms with Gasteiger partial charge in [-0.2, -0.15) is 10.1 Å². The van der Waals surface area contributed by atoms with Crippen molar-refractivity contribution in [3.8, 4) is 6.01 Å². The second kappa shape index (κ2) is 8.12. The van der Waals surface area contributed by atoms with Gasteiger partial charge in [-0.25, -0.2) is 14.2 Å². The van der Waals surface area contributed by atoms with E-state index < -0.39 is 11.4 Å². The van der Waals surface area contributed by atoms with Crippen LogP contribution in [0, 0.1) is 5.82 Å². The third kappa shape index (κ3) is 3.98. The number of urea groups is 1. The molecule has 2 amide bonds. The van der Waals surface area contributed by atoms with Gasteiger partial charge in [-0.3, -0.25) is 10.00 Å². The van der Waals surface area contributed by atoms with Crippen LogP contribution in [0.3, 0.4) is 0 Å².